The molecular formula is C23H28ClN3O4. The number of nitrogens with one attached hydrogen (secondary N) is 1. The van der Waals surface area contributed by atoms with Gasteiger partial charge in [0.2, 0.25) is 5.91 Å². The van der Waals surface area contributed by atoms with Crippen LogP contribution in [0.2, 0.25) is 5.02 Å². The molecule has 1 heterocycles. The molecule has 0 spiro atoms. The lowest BCUT2D eigenvalue weighted by Crippen LogP contribution is -2.50. The number of benzene rings is 2. The predicted octanol–water partition coefficient (Wildman–Crippen LogP) is 3.91. The van der Waals surface area contributed by atoms with Gasteiger partial charge < -0.3 is 24.6 Å². The number of piperazine rings is 1. The standard InChI is InChI=1S/C23H28ClN3O4/c1-15(2)23(29)27-11-9-26(10-12-27)19-7-6-17(24)14-18(19)25-22(28)16-5-8-20(30-3)21(13-16)31-4/h5-8,13-15H,9-12H2,1-4H3,(H,25,28). The number of carbonyl (C=O) groups excluding carboxylic acids is 2. The molecule has 0 bridgehead atoms. The van der Waals surface area contributed by atoms with Gasteiger partial charge in [0.15, 0.2) is 11.5 Å². The van der Waals surface area contributed by atoms with Gasteiger partial charge in [0.25, 0.3) is 5.91 Å². The Labute approximate surface area is 187 Å². The van der Waals surface area contributed by atoms with E-state index >= 15 is 0 Å². The second kappa shape index (κ2) is 9.92. The van der Waals surface area contributed by atoms with Crippen LogP contribution >= 0.6 is 11.6 Å². The topological polar surface area (TPSA) is 71.1 Å². The van der Waals surface area contributed by atoms with Crippen LogP contribution in [0.25, 0.3) is 0 Å². The van der Waals surface area contributed by atoms with E-state index in [1.165, 1.54) is 7.11 Å². The van der Waals surface area contributed by atoms with Gasteiger partial charge in [-0.3, -0.25) is 9.59 Å². The van der Waals surface area contributed by atoms with Gasteiger partial charge in [0, 0.05) is 42.7 Å². The van der Waals surface area contributed by atoms with Crippen LogP contribution in [0.4, 0.5) is 11.4 Å². The zero-order valence-electron chi connectivity index (χ0n) is 18.3. The molecule has 0 saturated carbocycles. The van der Waals surface area contributed by atoms with Crippen LogP contribution in [-0.2, 0) is 4.79 Å². The Morgan fingerprint density at radius 1 is 0.968 bits per heavy atom. The lowest BCUT2D eigenvalue weighted by Gasteiger charge is -2.37. The summed E-state index contributed by atoms with van der Waals surface area (Å²) in [5.74, 6) is 0.901. The van der Waals surface area contributed by atoms with Crippen LogP contribution in [-0.4, -0.2) is 57.1 Å². The summed E-state index contributed by atoms with van der Waals surface area (Å²) < 4.78 is 10.5. The van der Waals surface area contributed by atoms with E-state index in [1.807, 2.05) is 24.8 Å². The van der Waals surface area contributed by atoms with Gasteiger partial charge in [0.05, 0.1) is 25.6 Å². The third-order valence-electron chi connectivity index (χ3n) is 5.28. The number of hydrogen-bond acceptors (Lipinski definition) is 5. The fourth-order valence-corrected chi connectivity index (χ4v) is 3.76. The maximum Gasteiger partial charge on any atom is 0.255 e. The van der Waals surface area contributed by atoms with Crippen LogP contribution in [0.3, 0.4) is 0 Å². The molecular weight excluding hydrogens is 418 g/mol. The highest BCUT2D eigenvalue weighted by atomic mass is 35.5. The molecule has 1 aliphatic heterocycles. The molecule has 1 saturated heterocycles. The smallest absolute Gasteiger partial charge is 0.255 e. The highest BCUT2D eigenvalue weighted by Crippen LogP contribution is 2.32. The molecule has 166 valence electrons. The van der Waals surface area contributed by atoms with E-state index in [0.29, 0.717) is 54.0 Å². The average Bonchev–Trinajstić information content (AvgIpc) is 2.78. The van der Waals surface area contributed by atoms with Crippen molar-refractivity contribution in [3.63, 3.8) is 0 Å². The van der Waals surface area contributed by atoms with Crippen LogP contribution in [0, 0.1) is 5.92 Å². The van der Waals surface area contributed by atoms with Gasteiger partial charge >= 0.3 is 0 Å². The Kier molecular flexibility index (Phi) is 7.28. The van der Waals surface area contributed by atoms with Gasteiger partial charge in [-0.15, -0.1) is 0 Å². The molecule has 1 N–H and O–H groups in total. The number of halogens is 1. The van der Waals surface area contributed by atoms with Gasteiger partial charge in [-0.1, -0.05) is 25.4 Å². The lowest BCUT2D eigenvalue weighted by molar-refractivity contribution is -0.134. The average molecular weight is 446 g/mol. The van der Waals surface area contributed by atoms with Crippen molar-refractivity contribution in [1.82, 2.24) is 4.90 Å². The first kappa shape index (κ1) is 22.7. The first-order valence-corrected chi connectivity index (χ1v) is 10.6. The molecule has 0 unspecified atom stereocenters. The van der Waals surface area contributed by atoms with Crippen LogP contribution in [0.1, 0.15) is 24.2 Å². The maximum atomic E-state index is 12.9. The van der Waals surface area contributed by atoms with E-state index in [0.717, 1.165) is 5.69 Å². The predicted molar refractivity (Wildman–Crippen MR) is 123 cm³/mol. The van der Waals surface area contributed by atoms with Crippen LogP contribution in [0.5, 0.6) is 11.5 Å². The molecule has 0 aromatic heterocycles. The minimum absolute atomic E-state index is 0.0154. The SMILES string of the molecule is COc1ccc(C(=O)Nc2cc(Cl)ccc2N2CCN(C(=O)C(C)C)CC2)cc1OC. The molecule has 2 aromatic carbocycles. The van der Waals surface area contributed by atoms with Crippen molar-refractivity contribution in [3.05, 3.63) is 47.0 Å². The van der Waals surface area contributed by atoms with Gasteiger partial charge in [-0.2, -0.15) is 0 Å². The first-order valence-electron chi connectivity index (χ1n) is 10.2. The zero-order chi connectivity index (χ0) is 22.5. The normalized spacial score (nSPS) is 13.9. The van der Waals surface area contributed by atoms with Gasteiger partial charge in [-0.05, 0) is 36.4 Å². The second-order valence-corrected chi connectivity index (χ2v) is 8.09. The molecule has 1 fully saturated rings. The summed E-state index contributed by atoms with van der Waals surface area (Å²) in [6, 6.07) is 10.4. The summed E-state index contributed by atoms with van der Waals surface area (Å²) >= 11 is 6.21. The second-order valence-electron chi connectivity index (χ2n) is 7.65. The van der Waals surface area contributed by atoms with Crippen molar-refractivity contribution in [1.29, 1.82) is 0 Å². The Morgan fingerprint density at radius 2 is 1.65 bits per heavy atom. The zero-order valence-corrected chi connectivity index (χ0v) is 19.0. The Balaban J connectivity index is 1.78. The molecule has 31 heavy (non-hydrogen) atoms. The summed E-state index contributed by atoms with van der Waals surface area (Å²) in [5.41, 5.74) is 1.93. The number of rotatable bonds is 6. The summed E-state index contributed by atoms with van der Waals surface area (Å²) in [5, 5.41) is 3.49. The Morgan fingerprint density at radius 3 is 2.26 bits per heavy atom. The molecule has 2 aromatic rings. The molecule has 3 rings (SSSR count). The van der Waals surface area contributed by atoms with E-state index in [-0.39, 0.29) is 17.7 Å². The quantitative estimate of drug-likeness (QED) is 0.729. The highest BCUT2D eigenvalue weighted by Gasteiger charge is 2.24. The number of methoxy groups -OCH3 is 2. The van der Waals surface area contributed by atoms with Gasteiger partial charge in [-0.25, -0.2) is 0 Å². The summed E-state index contributed by atoms with van der Waals surface area (Å²) in [6.07, 6.45) is 0. The molecule has 1 aliphatic rings. The van der Waals surface area contributed by atoms with Crippen LogP contribution in [0.15, 0.2) is 36.4 Å². The summed E-state index contributed by atoms with van der Waals surface area (Å²) in [7, 11) is 3.07. The molecule has 8 heteroatoms. The summed E-state index contributed by atoms with van der Waals surface area (Å²) in [6.45, 7) is 6.47. The van der Waals surface area contributed by atoms with Crippen molar-refractivity contribution >= 4 is 34.8 Å². The maximum absolute atomic E-state index is 12.9. The van der Waals surface area contributed by atoms with Crippen LogP contribution < -0.4 is 19.7 Å². The number of nitrogens with zero attached hydrogens (tertiary/aromatic N) is 2. The van der Waals surface area contributed by atoms with E-state index < -0.39 is 0 Å². The van der Waals surface area contributed by atoms with E-state index in [9.17, 15) is 9.59 Å². The van der Waals surface area contributed by atoms with Crippen molar-refractivity contribution in [2.24, 2.45) is 5.92 Å². The molecule has 0 radical (unpaired) electrons. The lowest BCUT2D eigenvalue weighted by atomic mass is 10.1. The van der Waals surface area contributed by atoms with E-state index in [2.05, 4.69) is 10.2 Å². The third-order valence-corrected chi connectivity index (χ3v) is 5.51. The molecule has 2 amide bonds. The van der Waals surface area contributed by atoms with Crippen molar-refractivity contribution in [2.75, 3.05) is 50.6 Å². The third kappa shape index (κ3) is 5.22. The molecule has 0 atom stereocenters. The molecule has 7 nitrogen and oxygen atoms in total. The molecule has 0 aliphatic carbocycles. The van der Waals surface area contributed by atoms with Gasteiger partial charge in [0.1, 0.15) is 0 Å². The van der Waals surface area contributed by atoms with E-state index in [1.54, 1.807) is 37.4 Å². The first-order chi connectivity index (χ1) is 14.8. The fraction of sp³-hybridized carbons (Fsp3) is 0.391. The van der Waals surface area contributed by atoms with Crippen molar-refractivity contribution < 1.29 is 19.1 Å². The minimum atomic E-state index is -0.280. The van der Waals surface area contributed by atoms with E-state index in [4.69, 9.17) is 21.1 Å². The highest BCUT2D eigenvalue weighted by molar-refractivity contribution is 6.31. The number of hydrogen-bond donors (Lipinski definition) is 1. The number of ether oxygens (including phenoxy) is 2. The number of anilines is 2. The summed E-state index contributed by atoms with van der Waals surface area (Å²) in [4.78, 5) is 29.2. The largest absolute Gasteiger partial charge is 0.493 e. The monoisotopic (exact) mass is 445 g/mol. The number of carbonyl (C=O) groups is 2. The number of amides is 2. The Bertz CT molecular complexity index is 956. The minimum Gasteiger partial charge on any atom is -0.493 e. The van der Waals surface area contributed by atoms with Crippen molar-refractivity contribution in [2.45, 2.75) is 13.8 Å². The fourth-order valence-electron chi connectivity index (χ4n) is 3.59. The van der Waals surface area contributed by atoms with Crippen molar-refractivity contribution in [3.8, 4) is 11.5 Å². The Hall–Kier alpha value is -2.93.